The Morgan fingerprint density at radius 2 is 1.87 bits per heavy atom. The van der Waals surface area contributed by atoms with E-state index in [1.54, 1.807) is 41.5 Å². The van der Waals surface area contributed by atoms with E-state index in [0.29, 0.717) is 21.4 Å². The van der Waals surface area contributed by atoms with E-state index < -0.39 is 0 Å². The van der Waals surface area contributed by atoms with Crippen LogP contribution in [0.25, 0.3) is 10.9 Å². The van der Waals surface area contributed by atoms with Crippen molar-refractivity contribution >= 4 is 40.0 Å². The standard InChI is InChI=1S/C24H20Cl2N2O3/c1-15-4-7-22-17(9-15)12-18(24(30)27-22)13-28(14-19-3-2-8-31-19)23(29)11-16-5-6-20(25)21(26)10-16/h2-10,12H,11,13-14H2,1H3,(H,27,30). The van der Waals surface area contributed by atoms with Gasteiger partial charge in [-0.15, -0.1) is 0 Å². The summed E-state index contributed by atoms with van der Waals surface area (Å²) in [6.45, 7) is 2.40. The molecule has 31 heavy (non-hydrogen) atoms. The van der Waals surface area contributed by atoms with E-state index in [1.807, 2.05) is 31.2 Å². The number of fused-ring (bicyclic) bond motifs is 1. The van der Waals surface area contributed by atoms with Gasteiger partial charge in [-0.1, -0.05) is 40.9 Å². The van der Waals surface area contributed by atoms with Crippen LogP contribution in [0.1, 0.15) is 22.5 Å². The van der Waals surface area contributed by atoms with E-state index in [9.17, 15) is 9.59 Å². The van der Waals surface area contributed by atoms with E-state index in [1.165, 1.54) is 0 Å². The first-order valence-electron chi connectivity index (χ1n) is 9.76. The number of carbonyl (C=O) groups is 1. The quantitative estimate of drug-likeness (QED) is 0.417. The Morgan fingerprint density at radius 3 is 2.61 bits per heavy atom. The van der Waals surface area contributed by atoms with Crippen molar-refractivity contribution in [2.75, 3.05) is 0 Å². The molecule has 5 nitrogen and oxygen atoms in total. The van der Waals surface area contributed by atoms with Crippen LogP contribution in [-0.2, 0) is 24.3 Å². The highest BCUT2D eigenvalue weighted by molar-refractivity contribution is 6.42. The summed E-state index contributed by atoms with van der Waals surface area (Å²) in [4.78, 5) is 30.3. The third kappa shape index (κ3) is 5.01. The lowest BCUT2D eigenvalue weighted by atomic mass is 10.1. The largest absolute Gasteiger partial charge is 0.467 e. The number of aryl methyl sites for hydroxylation is 1. The molecule has 158 valence electrons. The summed E-state index contributed by atoms with van der Waals surface area (Å²) in [5, 5.41) is 1.75. The summed E-state index contributed by atoms with van der Waals surface area (Å²) >= 11 is 12.1. The number of pyridine rings is 1. The lowest BCUT2D eigenvalue weighted by molar-refractivity contribution is -0.132. The van der Waals surface area contributed by atoms with Crippen LogP contribution < -0.4 is 5.56 Å². The third-order valence-corrected chi connectivity index (χ3v) is 5.80. The van der Waals surface area contributed by atoms with E-state index in [2.05, 4.69) is 4.98 Å². The van der Waals surface area contributed by atoms with E-state index >= 15 is 0 Å². The topological polar surface area (TPSA) is 66.3 Å². The zero-order chi connectivity index (χ0) is 22.0. The van der Waals surface area contributed by atoms with Gasteiger partial charge in [-0.25, -0.2) is 0 Å². The van der Waals surface area contributed by atoms with Crippen molar-refractivity contribution in [3.63, 3.8) is 0 Å². The normalized spacial score (nSPS) is 11.1. The number of hydrogen-bond donors (Lipinski definition) is 1. The predicted octanol–water partition coefficient (Wildman–Crippen LogP) is 5.51. The highest BCUT2D eigenvalue weighted by Gasteiger charge is 2.19. The number of aromatic nitrogens is 1. The zero-order valence-corrected chi connectivity index (χ0v) is 18.3. The first-order chi connectivity index (χ1) is 14.9. The van der Waals surface area contributed by atoms with Gasteiger partial charge in [-0.05, 0) is 60.3 Å². The summed E-state index contributed by atoms with van der Waals surface area (Å²) in [5.41, 5.74) is 2.88. The van der Waals surface area contributed by atoms with E-state index in [0.717, 1.165) is 22.0 Å². The molecule has 1 amide bonds. The number of nitrogens with one attached hydrogen (secondary N) is 1. The molecule has 0 unspecified atom stereocenters. The van der Waals surface area contributed by atoms with Gasteiger partial charge in [0.25, 0.3) is 5.56 Å². The second-order valence-electron chi connectivity index (χ2n) is 7.47. The number of aromatic amines is 1. The monoisotopic (exact) mass is 454 g/mol. The number of H-pyrrole nitrogens is 1. The lowest BCUT2D eigenvalue weighted by Gasteiger charge is -2.22. The zero-order valence-electron chi connectivity index (χ0n) is 16.8. The summed E-state index contributed by atoms with van der Waals surface area (Å²) in [6, 6.07) is 16.3. The maximum atomic E-state index is 13.2. The number of carbonyl (C=O) groups excluding carboxylic acids is 1. The molecule has 0 atom stereocenters. The molecule has 0 radical (unpaired) electrons. The summed E-state index contributed by atoms with van der Waals surface area (Å²) in [6.07, 6.45) is 1.69. The maximum Gasteiger partial charge on any atom is 0.253 e. The molecule has 4 aromatic rings. The summed E-state index contributed by atoms with van der Waals surface area (Å²) in [7, 11) is 0. The highest BCUT2D eigenvalue weighted by atomic mass is 35.5. The molecule has 0 fully saturated rings. The first kappa shape index (κ1) is 21.2. The van der Waals surface area contributed by atoms with Crippen LogP contribution in [0.5, 0.6) is 0 Å². The molecule has 2 aromatic carbocycles. The van der Waals surface area contributed by atoms with Gasteiger partial charge in [0.05, 0.1) is 35.8 Å². The molecule has 1 N–H and O–H groups in total. The molecular weight excluding hydrogens is 435 g/mol. The molecule has 7 heteroatoms. The molecule has 0 saturated carbocycles. The fourth-order valence-electron chi connectivity index (χ4n) is 3.45. The van der Waals surface area contributed by atoms with Gasteiger partial charge in [-0.2, -0.15) is 0 Å². The van der Waals surface area contributed by atoms with Crippen molar-refractivity contribution in [2.45, 2.75) is 26.4 Å². The second-order valence-corrected chi connectivity index (χ2v) is 8.28. The molecule has 0 saturated heterocycles. The van der Waals surface area contributed by atoms with Crippen LogP contribution in [0, 0.1) is 6.92 Å². The van der Waals surface area contributed by atoms with Crippen molar-refractivity contribution < 1.29 is 9.21 Å². The van der Waals surface area contributed by atoms with Gasteiger partial charge in [0, 0.05) is 11.1 Å². The number of hydrogen-bond acceptors (Lipinski definition) is 3. The molecule has 2 aromatic heterocycles. The Balaban J connectivity index is 1.64. The fourth-order valence-corrected chi connectivity index (χ4v) is 3.77. The molecule has 2 heterocycles. The number of rotatable bonds is 6. The minimum Gasteiger partial charge on any atom is -0.467 e. The minimum atomic E-state index is -0.219. The fraction of sp³-hybridized carbons (Fsp3) is 0.167. The highest BCUT2D eigenvalue weighted by Crippen LogP contribution is 2.23. The Morgan fingerprint density at radius 1 is 1.03 bits per heavy atom. The van der Waals surface area contributed by atoms with Gasteiger partial charge < -0.3 is 14.3 Å². The van der Waals surface area contributed by atoms with E-state index in [-0.39, 0.29) is 31.0 Å². The average molecular weight is 455 g/mol. The van der Waals surface area contributed by atoms with Gasteiger partial charge in [-0.3, -0.25) is 9.59 Å². The summed E-state index contributed by atoms with van der Waals surface area (Å²) < 4.78 is 5.43. The van der Waals surface area contributed by atoms with Crippen LogP contribution in [0.4, 0.5) is 0 Å². The number of amides is 1. The SMILES string of the molecule is Cc1ccc2[nH]c(=O)c(CN(Cc3ccco3)C(=O)Cc3ccc(Cl)c(Cl)c3)cc2c1. The van der Waals surface area contributed by atoms with Crippen molar-refractivity contribution in [1.29, 1.82) is 0 Å². The smallest absolute Gasteiger partial charge is 0.253 e. The average Bonchev–Trinajstić information content (AvgIpc) is 3.24. The predicted molar refractivity (Wildman–Crippen MR) is 122 cm³/mol. The van der Waals surface area contributed by atoms with Gasteiger partial charge in [0.2, 0.25) is 5.91 Å². The minimum absolute atomic E-state index is 0.127. The molecular formula is C24H20Cl2N2O3. The molecule has 0 aliphatic carbocycles. The van der Waals surface area contributed by atoms with Crippen molar-refractivity contribution in [1.82, 2.24) is 9.88 Å². The Hall–Kier alpha value is -3.02. The van der Waals surface area contributed by atoms with E-state index in [4.69, 9.17) is 27.6 Å². The van der Waals surface area contributed by atoms with Gasteiger partial charge >= 0.3 is 0 Å². The van der Waals surface area contributed by atoms with Crippen LogP contribution in [-0.4, -0.2) is 15.8 Å². The van der Waals surface area contributed by atoms with Crippen molar-refractivity contribution in [2.24, 2.45) is 0 Å². The Labute approximate surface area is 189 Å². The lowest BCUT2D eigenvalue weighted by Crippen LogP contribution is -2.33. The number of nitrogens with zero attached hydrogens (tertiary/aromatic N) is 1. The van der Waals surface area contributed by atoms with Crippen molar-refractivity contribution in [3.05, 3.63) is 104 Å². The van der Waals surface area contributed by atoms with Gasteiger partial charge in [0.15, 0.2) is 0 Å². The third-order valence-electron chi connectivity index (χ3n) is 5.06. The molecule has 4 rings (SSSR count). The number of halogens is 2. The van der Waals surface area contributed by atoms with Crippen LogP contribution >= 0.6 is 23.2 Å². The maximum absolute atomic E-state index is 13.2. The summed E-state index contributed by atoms with van der Waals surface area (Å²) in [5.74, 6) is 0.481. The van der Waals surface area contributed by atoms with Crippen molar-refractivity contribution in [3.8, 4) is 0 Å². The molecule has 0 aliphatic rings. The number of benzene rings is 2. The van der Waals surface area contributed by atoms with Crippen LogP contribution in [0.15, 0.2) is 70.1 Å². The van der Waals surface area contributed by atoms with Crippen LogP contribution in [0.3, 0.4) is 0 Å². The Bertz CT molecular complexity index is 1300. The van der Waals surface area contributed by atoms with Crippen LogP contribution in [0.2, 0.25) is 10.0 Å². The molecule has 0 aliphatic heterocycles. The first-order valence-corrected chi connectivity index (χ1v) is 10.5. The second kappa shape index (κ2) is 9.00. The number of furan rings is 1. The Kier molecular flexibility index (Phi) is 6.16. The molecule has 0 spiro atoms. The van der Waals surface area contributed by atoms with Gasteiger partial charge in [0.1, 0.15) is 5.76 Å². The molecule has 0 bridgehead atoms.